The third-order valence-corrected chi connectivity index (χ3v) is 2.85. The number of hydrogen-bond acceptors (Lipinski definition) is 5. The number of rotatable bonds is 5. The molecular weight excluding hydrogens is 268 g/mol. The van der Waals surface area contributed by atoms with Crippen LogP contribution in [0.25, 0.3) is 0 Å². The Hall–Kier alpha value is -1.24. The average Bonchev–Trinajstić information content (AvgIpc) is 2.20. The molecule has 0 aromatic carbocycles. The number of carbonyl (C=O) groups excluding carboxylic acids is 3. The first-order chi connectivity index (χ1) is 8.61. The number of ether oxygens (including phenoxy) is 1. The molecule has 1 atom stereocenters. The van der Waals surface area contributed by atoms with Crippen LogP contribution in [0.2, 0.25) is 0 Å². The smallest absolute Gasteiger partial charge is 0.408 e. The van der Waals surface area contributed by atoms with Crippen molar-refractivity contribution in [2.75, 3.05) is 12.3 Å². The van der Waals surface area contributed by atoms with E-state index < -0.39 is 17.7 Å². The summed E-state index contributed by atoms with van der Waals surface area (Å²) in [6, 6.07) is -0.628. The number of alkyl carbamates (subject to hydrolysis) is 1. The fraction of sp³-hybridized carbons (Fsp3) is 0.750. The summed E-state index contributed by atoms with van der Waals surface area (Å²) in [4.78, 5) is 33.7. The third kappa shape index (κ3) is 10.4. The van der Waals surface area contributed by atoms with E-state index in [-0.39, 0.29) is 11.0 Å². The molecule has 0 rings (SSSR count). The lowest BCUT2D eigenvalue weighted by atomic mass is 10.2. The predicted molar refractivity (Wildman–Crippen MR) is 75.0 cm³/mol. The Morgan fingerprint density at radius 3 is 2.32 bits per heavy atom. The number of carbonyl (C=O) groups is 3. The Bertz CT molecular complexity index is 339. The highest BCUT2D eigenvalue weighted by Crippen LogP contribution is 2.08. The zero-order valence-corrected chi connectivity index (χ0v) is 12.8. The average molecular weight is 290 g/mol. The molecule has 0 aliphatic heterocycles. The molecule has 110 valence electrons. The van der Waals surface area contributed by atoms with Crippen molar-refractivity contribution in [1.82, 2.24) is 10.6 Å². The quantitative estimate of drug-likeness (QED) is 0.745. The van der Waals surface area contributed by atoms with Gasteiger partial charge in [0.05, 0.1) is 6.04 Å². The van der Waals surface area contributed by atoms with Gasteiger partial charge in [0.2, 0.25) is 11.0 Å². The molecule has 7 heteroatoms. The van der Waals surface area contributed by atoms with Gasteiger partial charge in [-0.1, -0.05) is 11.8 Å². The molecule has 0 saturated heterocycles. The minimum Gasteiger partial charge on any atom is -0.444 e. The van der Waals surface area contributed by atoms with Gasteiger partial charge < -0.3 is 15.4 Å². The lowest BCUT2D eigenvalue weighted by Gasteiger charge is -2.21. The van der Waals surface area contributed by atoms with Crippen molar-refractivity contribution in [1.29, 1.82) is 0 Å². The van der Waals surface area contributed by atoms with Crippen LogP contribution >= 0.6 is 11.8 Å². The Morgan fingerprint density at radius 1 is 1.26 bits per heavy atom. The number of thioether (sulfide) groups is 1. The van der Waals surface area contributed by atoms with Gasteiger partial charge in [-0.15, -0.1) is 0 Å². The van der Waals surface area contributed by atoms with Gasteiger partial charge in [0.25, 0.3) is 0 Å². The van der Waals surface area contributed by atoms with Gasteiger partial charge in [0.1, 0.15) is 5.60 Å². The largest absolute Gasteiger partial charge is 0.444 e. The van der Waals surface area contributed by atoms with Gasteiger partial charge in [0, 0.05) is 19.2 Å². The number of nitrogens with one attached hydrogen (secondary N) is 2. The van der Waals surface area contributed by atoms with Crippen LogP contribution in [0.5, 0.6) is 0 Å². The summed E-state index contributed by atoms with van der Waals surface area (Å²) in [5.41, 5.74) is -0.592. The van der Waals surface area contributed by atoms with E-state index in [2.05, 4.69) is 10.6 Å². The van der Waals surface area contributed by atoms with E-state index in [1.807, 2.05) is 0 Å². The van der Waals surface area contributed by atoms with Crippen molar-refractivity contribution in [3.05, 3.63) is 0 Å². The van der Waals surface area contributed by atoms with Crippen molar-refractivity contribution in [2.24, 2.45) is 0 Å². The van der Waals surface area contributed by atoms with Gasteiger partial charge in [-0.25, -0.2) is 4.79 Å². The van der Waals surface area contributed by atoms with Crippen molar-refractivity contribution >= 4 is 28.9 Å². The van der Waals surface area contributed by atoms with Gasteiger partial charge in [-0.3, -0.25) is 9.59 Å². The highest BCUT2D eigenvalue weighted by Gasteiger charge is 2.20. The van der Waals surface area contributed by atoms with Crippen LogP contribution in [0.4, 0.5) is 4.79 Å². The molecule has 0 radical (unpaired) electrons. The fourth-order valence-electron chi connectivity index (χ4n) is 1.05. The Balaban J connectivity index is 3.93. The van der Waals surface area contributed by atoms with E-state index in [4.69, 9.17) is 4.74 Å². The summed E-state index contributed by atoms with van der Waals surface area (Å²) in [6.45, 7) is 8.69. The molecule has 0 aromatic heterocycles. The minimum absolute atomic E-state index is 0.132. The maximum atomic E-state index is 11.7. The Labute approximate surface area is 118 Å². The highest BCUT2D eigenvalue weighted by atomic mass is 32.2. The standard InChI is InChI=1S/C12H22N2O4S/c1-8(14-11(17)18-12(3,4)5)10(16)19-7-6-13-9(2)15/h8H,6-7H2,1-5H3,(H,13,15)(H,14,17)/t8-/m0/s1. The molecular formula is C12H22N2O4S. The summed E-state index contributed by atoms with van der Waals surface area (Å²) in [5, 5.41) is 4.88. The summed E-state index contributed by atoms with van der Waals surface area (Å²) in [6.07, 6.45) is -0.615. The SMILES string of the molecule is CC(=O)NCCSC(=O)[C@H](C)NC(=O)OC(C)(C)C. The van der Waals surface area contributed by atoms with Gasteiger partial charge >= 0.3 is 6.09 Å². The summed E-state index contributed by atoms with van der Waals surface area (Å²) >= 11 is 1.06. The zero-order valence-electron chi connectivity index (χ0n) is 12.0. The first kappa shape index (κ1) is 17.8. The summed E-state index contributed by atoms with van der Waals surface area (Å²) in [5.74, 6) is 0.339. The lowest BCUT2D eigenvalue weighted by Crippen LogP contribution is -2.41. The van der Waals surface area contributed by atoms with Crippen molar-refractivity contribution in [2.45, 2.75) is 46.3 Å². The molecule has 0 unspecified atom stereocenters. The molecule has 0 bridgehead atoms. The maximum Gasteiger partial charge on any atom is 0.408 e. The van der Waals surface area contributed by atoms with E-state index in [0.29, 0.717) is 12.3 Å². The monoisotopic (exact) mass is 290 g/mol. The molecule has 2 N–H and O–H groups in total. The summed E-state index contributed by atoms with van der Waals surface area (Å²) < 4.78 is 5.05. The molecule has 0 aliphatic rings. The number of amides is 2. The molecule has 19 heavy (non-hydrogen) atoms. The first-order valence-corrected chi connectivity index (χ1v) is 7.01. The van der Waals surface area contributed by atoms with E-state index in [1.54, 1.807) is 27.7 Å². The van der Waals surface area contributed by atoms with Gasteiger partial charge in [-0.2, -0.15) is 0 Å². The number of hydrogen-bond donors (Lipinski definition) is 2. The Kier molecular flexibility index (Phi) is 7.51. The van der Waals surface area contributed by atoms with Crippen LogP contribution in [0, 0.1) is 0 Å². The van der Waals surface area contributed by atoms with E-state index in [0.717, 1.165) is 11.8 Å². The van der Waals surface area contributed by atoms with Crippen LogP contribution in [0.15, 0.2) is 0 Å². The van der Waals surface area contributed by atoms with Crippen LogP contribution in [-0.2, 0) is 14.3 Å². The van der Waals surface area contributed by atoms with Crippen LogP contribution in [0.3, 0.4) is 0 Å². The maximum absolute atomic E-state index is 11.7. The van der Waals surface area contributed by atoms with Crippen LogP contribution in [-0.4, -0.2) is 41.1 Å². The van der Waals surface area contributed by atoms with Gasteiger partial charge in [-0.05, 0) is 27.7 Å². The molecule has 0 aliphatic carbocycles. The topological polar surface area (TPSA) is 84.5 Å². The summed E-state index contributed by atoms with van der Waals surface area (Å²) in [7, 11) is 0. The zero-order chi connectivity index (χ0) is 15.1. The van der Waals surface area contributed by atoms with Crippen molar-refractivity contribution in [3.63, 3.8) is 0 Å². The van der Waals surface area contributed by atoms with Crippen LogP contribution in [0.1, 0.15) is 34.6 Å². The molecule has 6 nitrogen and oxygen atoms in total. The van der Waals surface area contributed by atoms with Crippen molar-refractivity contribution < 1.29 is 19.1 Å². The minimum atomic E-state index is -0.628. The normalized spacial score (nSPS) is 12.5. The molecule has 0 spiro atoms. The second kappa shape index (κ2) is 8.04. The second-order valence-electron chi connectivity index (χ2n) is 5.02. The fourth-order valence-corrected chi connectivity index (χ4v) is 1.76. The van der Waals surface area contributed by atoms with E-state index in [9.17, 15) is 14.4 Å². The van der Waals surface area contributed by atoms with Gasteiger partial charge in [0.15, 0.2) is 0 Å². The second-order valence-corrected chi connectivity index (χ2v) is 6.12. The molecule has 0 heterocycles. The molecule has 2 amide bonds. The van der Waals surface area contributed by atoms with E-state index in [1.165, 1.54) is 6.92 Å². The Morgan fingerprint density at radius 2 is 1.84 bits per heavy atom. The molecule has 0 fully saturated rings. The van der Waals surface area contributed by atoms with E-state index >= 15 is 0 Å². The third-order valence-electron chi connectivity index (χ3n) is 1.81. The first-order valence-electron chi connectivity index (χ1n) is 6.02. The molecule has 0 aromatic rings. The van der Waals surface area contributed by atoms with Crippen molar-refractivity contribution in [3.8, 4) is 0 Å². The lowest BCUT2D eigenvalue weighted by molar-refractivity contribution is -0.119. The predicted octanol–water partition coefficient (Wildman–Crippen LogP) is 1.30. The highest BCUT2D eigenvalue weighted by molar-refractivity contribution is 8.13. The van der Waals surface area contributed by atoms with Crippen LogP contribution < -0.4 is 10.6 Å². The molecule has 0 saturated carbocycles.